The predicted octanol–water partition coefficient (Wildman–Crippen LogP) is 2.25. The Hall–Kier alpha value is -1.85. The van der Waals surface area contributed by atoms with Crippen LogP contribution in [0.4, 0.5) is 0 Å². The lowest BCUT2D eigenvalue weighted by Crippen LogP contribution is -2.24. The molecular weight excluding hydrogens is 368 g/mol. The van der Waals surface area contributed by atoms with Crippen molar-refractivity contribution in [1.29, 1.82) is 10.7 Å². The molecule has 22 heavy (non-hydrogen) atoms. The molecule has 0 spiro atoms. The second-order valence-corrected chi connectivity index (χ2v) is 5.38. The minimum absolute atomic E-state index is 0. The van der Waals surface area contributed by atoms with Gasteiger partial charge in [-0.15, -0.1) is 17.0 Å². The van der Waals surface area contributed by atoms with Crippen LogP contribution >= 0.6 is 28.7 Å². The van der Waals surface area contributed by atoms with E-state index in [0.29, 0.717) is 28.6 Å². The van der Waals surface area contributed by atoms with Gasteiger partial charge in [0.15, 0.2) is 16.7 Å². The Bertz CT molecular complexity index is 655. The summed E-state index contributed by atoms with van der Waals surface area (Å²) >= 11 is 0.938. The van der Waals surface area contributed by atoms with E-state index in [9.17, 15) is 5.26 Å². The third-order valence-electron chi connectivity index (χ3n) is 3.12. The lowest BCUT2D eigenvalue weighted by atomic mass is 9.97. The lowest BCUT2D eigenvalue weighted by molar-refractivity contribution is 0.354. The van der Waals surface area contributed by atoms with Crippen LogP contribution in [-0.4, -0.2) is 25.9 Å². The molecule has 0 bridgehead atoms. The molecule has 0 aromatic heterocycles. The van der Waals surface area contributed by atoms with Gasteiger partial charge in [-0.1, -0.05) is 0 Å². The number of methoxy groups -OCH3 is 2. The zero-order valence-electron chi connectivity index (χ0n) is 12.2. The van der Waals surface area contributed by atoms with Gasteiger partial charge in [-0.25, -0.2) is 0 Å². The second kappa shape index (κ2) is 7.96. The summed E-state index contributed by atoms with van der Waals surface area (Å²) in [4.78, 5) is 0.371. The zero-order chi connectivity index (χ0) is 15.4. The van der Waals surface area contributed by atoms with Crippen LogP contribution in [0.5, 0.6) is 11.5 Å². The van der Waals surface area contributed by atoms with Crippen LogP contribution in [0.3, 0.4) is 0 Å². The smallest absolute Gasteiger partial charge is 0.161 e. The molecule has 118 valence electrons. The molecule has 1 aromatic carbocycles. The van der Waals surface area contributed by atoms with Gasteiger partial charge in [0, 0.05) is 12.1 Å². The van der Waals surface area contributed by atoms with Crippen molar-refractivity contribution in [3.05, 3.63) is 28.2 Å². The van der Waals surface area contributed by atoms with Gasteiger partial charge in [0.1, 0.15) is 11.0 Å². The molecule has 1 aromatic rings. The summed E-state index contributed by atoms with van der Waals surface area (Å²) in [6.07, 6.45) is 0.822. The molecule has 0 fully saturated rings. The Labute approximate surface area is 143 Å². The van der Waals surface area contributed by atoms with Crippen LogP contribution in [0, 0.1) is 16.7 Å². The van der Waals surface area contributed by atoms with Gasteiger partial charge in [0.2, 0.25) is 0 Å². The number of hydrogen-bond donors (Lipinski definition) is 3. The first-order valence-corrected chi connectivity index (χ1v) is 7.07. The quantitative estimate of drug-likeness (QED) is 0.419. The van der Waals surface area contributed by atoms with E-state index in [1.54, 1.807) is 14.2 Å². The average molecular weight is 385 g/mol. The highest BCUT2D eigenvalue weighted by molar-refractivity contribution is 8.93. The molecule has 4 N–H and O–H groups in total. The highest BCUT2D eigenvalue weighted by atomic mass is 79.9. The standard InChI is InChI=1S/C14H16N4O2S.BrH/c1-19-10-5-8-3-4-18-13(9(8)6-11(10)20-2)12(7-15)21-14(16)17;/h5-6,18H,3-4H2,1-2H3,(H3,16,17);1H. The SMILES string of the molecule is Br.COc1cc2c(cc1OC)C(=C(C#N)SC(=N)N)NCC2. The van der Waals surface area contributed by atoms with Gasteiger partial charge < -0.3 is 20.5 Å². The number of amidine groups is 1. The predicted molar refractivity (Wildman–Crippen MR) is 93.6 cm³/mol. The second-order valence-electron chi connectivity index (χ2n) is 4.32. The molecule has 1 heterocycles. The fraction of sp³-hybridized carbons (Fsp3) is 0.286. The van der Waals surface area contributed by atoms with Crippen LogP contribution < -0.4 is 20.5 Å². The summed E-state index contributed by atoms with van der Waals surface area (Å²) in [5.41, 5.74) is 8.01. The molecule has 0 aliphatic carbocycles. The Kier molecular flexibility index (Phi) is 6.59. The molecule has 2 rings (SSSR count). The number of nitrogens with zero attached hydrogens (tertiary/aromatic N) is 1. The normalized spacial score (nSPS) is 14.6. The summed E-state index contributed by atoms with van der Waals surface area (Å²) < 4.78 is 10.6. The zero-order valence-corrected chi connectivity index (χ0v) is 14.8. The Morgan fingerprint density at radius 3 is 2.55 bits per heavy atom. The molecule has 0 unspecified atom stereocenters. The third kappa shape index (κ3) is 3.67. The van der Waals surface area contributed by atoms with Crippen molar-refractivity contribution in [3.63, 3.8) is 0 Å². The fourth-order valence-electron chi connectivity index (χ4n) is 2.22. The van der Waals surface area contributed by atoms with E-state index in [4.69, 9.17) is 20.6 Å². The van der Waals surface area contributed by atoms with E-state index in [-0.39, 0.29) is 22.1 Å². The van der Waals surface area contributed by atoms with Gasteiger partial charge >= 0.3 is 0 Å². The van der Waals surface area contributed by atoms with Gasteiger partial charge in [-0.05, 0) is 35.9 Å². The number of fused-ring (bicyclic) bond motifs is 1. The van der Waals surface area contributed by atoms with Crippen LogP contribution in [0.1, 0.15) is 11.1 Å². The first-order valence-electron chi connectivity index (χ1n) is 6.26. The van der Waals surface area contributed by atoms with Crippen molar-refractivity contribution in [1.82, 2.24) is 5.32 Å². The van der Waals surface area contributed by atoms with Crippen LogP contribution in [0.25, 0.3) is 5.70 Å². The molecule has 0 atom stereocenters. The molecule has 0 radical (unpaired) electrons. The molecule has 0 saturated heterocycles. The number of nitrogens with two attached hydrogens (primary N) is 1. The van der Waals surface area contributed by atoms with Crippen molar-refractivity contribution in [2.24, 2.45) is 5.73 Å². The van der Waals surface area contributed by atoms with Crippen LogP contribution in [-0.2, 0) is 6.42 Å². The Morgan fingerprint density at radius 2 is 2.00 bits per heavy atom. The number of halogens is 1. The van der Waals surface area contributed by atoms with E-state index in [1.807, 2.05) is 12.1 Å². The number of nitriles is 1. The number of rotatable bonds is 3. The molecule has 1 aliphatic heterocycles. The van der Waals surface area contributed by atoms with E-state index < -0.39 is 0 Å². The van der Waals surface area contributed by atoms with Crippen molar-refractivity contribution >= 4 is 39.6 Å². The topological polar surface area (TPSA) is 104 Å². The Morgan fingerprint density at radius 1 is 1.36 bits per heavy atom. The number of nitrogens with one attached hydrogen (secondary N) is 2. The number of hydrogen-bond acceptors (Lipinski definition) is 6. The maximum atomic E-state index is 9.30. The van der Waals surface area contributed by atoms with E-state index in [1.165, 1.54) is 0 Å². The average Bonchev–Trinajstić information content (AvgIpc) is 2.50. The molecule has 6 nitrogen and oxygen atoms in total. The van der Waals surface area contributed by atoms with Gasteiger partial charge in [0.05, 0.1) is 19.9 Å². The van der Waals surface area contributed by atoms with E-state index in [0.717, 1.165) is 29.3 Å². The summed E-state index contributed by atoms with van der Waals surface area (Å²) in [6.45, 7) is 0.710. The minimum atomic E-state index is -0.117. The van der Waals surface area contributed by atoms with Crippen molar-refractivity contribution in [2.45, 2.75) is 6.42 Å². The molecule has 0 saturated carbocycles. The fourth-order valence-corrected chi connectivity index (χ4v) is 2.77. The minimum Gasteiger partial charge on any atom is -0.493 e. The lowest BCUT2D eigenvalue weighted by Gasteiger charge is -2.23. The maximum Gasteiger partial charge on any atom is 0.161 e. The molecule has 0 amide bonds. The van der Waals surface area contributed by atoms with E-state index >= 15 is 0 Å². The van der Waals surface area contributed by atoms with Gasteiger partial charge in [-0.2, -0.15) is 5.26 Å². The number of ether oxygens (including phenoxy) is 2. The molecule has 1 aliphatic rings. The van der Waals surface area contributed by atoms with Gasteiger partial charge in [0.25, 0.3) is 0 Å². The summed E-state index contributed by atoms with van der Waals surface area (Å²) in [6, 6.07) is 5.86. The number of benzene rings is 1. The number of thioether (sulfide) groups is 1. The first kappa shape index (κ1) is 18.2. The van der Waals surface area contributed by atoms with Crippen molar-refractivity contribution in [3.8, 4) is 17.6 Å². The summed E-state index contributed by atoms with van der Waals surface area (Å²) in [5, 5.41) is 19.8. The van der Waals surface area contributed by atoms with Crippen molar-refractivity contribution in [2.75, 3.05) is 20.8 Å². The van der Waals surface area contributed by atoms with E-state index in [2.05, 4.69) is 11.4 Å². The molecular formula is C14H17BrN4O2S. The highest BCUT2D eigenvalue weighted by Crippen LogP contribution is 2.37. The number of allylic oxidation sites excluding steroid dienone is 1. The molecule has 8 heteroatoms. The maximum absolute atomic E-state index is 9.30. The monoisotopic (exact) mass is 384 g/mol. The third-order valence-corrected chi connectivity index (χ3v) is 3.83. The highest BCUT2D eigenvalue weighted by Gasteiger charge is 2.21. The Balaban J connectivity index is 0.00000242. The van der Waals surface area contributed by atoms with Crippen LogP contribution in [0.2, 0.25) is 0 Å². The largest absolute Gasteiger partial charge is 0.493 e. The van der Waals surface area contributed by atoms with Crippen molar-refractivity contribution < 1.29 is 9.47 Å². The summed E-state index contributed by atoms with van der Waals surface area (Å²) in [7, 11) is 3.16. The summed E-state index contributed by atoms with van der Waals surface area (Å²) in [5.74, 6) is 1.26. The first-order chi connectivity index (χ1) is 10.1. The van der Waals surface area contributed by atoms with Crippen LogP contribution in [0.15, 0.2) is 17.0 Å². The van der Waals surface area contributed by atoms with Gasteiger partial charge in [-0.3, -0.25) is 5.41 Å².